The van der Waals surface area contributed by atoms with Crippen LogP contribution < -0.4 is 5.32 Å². The van der Waals surface area contributed by atoms with E-state index in [1.807, 2.05) is 0 Å². The second-order valence-electron chi connectivity index (χ2n) is 3.39. The van der Waals surface area contributed by atoms with Crippen molar-refractivity contribution in [1.29, 1.82) is 0 Å². The maximum absolute atomic E-state index is 11.6. The van der Waals surface area contributed by atoms with E-state index in [1.54, 1.807) is 25.1 Å². The summed E-state index contributed by atoms with van der Waals surface area (Å²) in [6, 6.07) is 5.04. The van der Waals surface area contributed by atoms with Crippen molar-refractivity contribution in [3.63, 3.8) is 0 Å². The van der Waals surface area contributed by atoms with Crippen LogP contribution in [0.3, 0.4) is 0 Å². The predicted molar refractivity (Wildman–Crippen MR) is 58.2 cm³/mol. The molecule has 2 aromatic rings. The average molecular weight is 220 g/mol. The van der Waals surface area contributed by atoms with E-state index in [0.717, 1.165) is 0 Å². The molecular weight excluding hydrogens is 208 g/mol. The van der Waals surface area contributed by atoms with E-state index in [-0.39, 0.29) is 19.1 Å². The number of aryl methyl sites for hydroxylation is 1. The lowest BCUT2D eigenvalue weighted by molar-refractivity contribution is 0.0945. The van der Waals surface area contributed by atoms with Crippen LogP contribution in [0.25, 0.3) is 11.1 Å². The van der Waals surface area contributed by atoms with Gasteiger partial charge in [0.25, 0.3) is 5.91 Å². The quantitative estimate of drug-likeness (QED) is 0.804. The van der Waals surface area contributed by atoms with Crippen LogP contribution in [0.5, 0.6) is 0 Å². The van der Waals surface area contributed by atoms with E-state index >= 15 is 0 Å². The van der Waals surface area contributed by atoms with Gasteiger partial charge in [0.2, 0.25) is 0 Å². The van der Waals surface area contributed by atoms with Gasteiger partial charge in [-0.15, -0.1) is 0 Å². The van der Waals surface area contributed by atoms with E-state index < -0.39 is 0 Å². The number of amides is 1. The molecule has 1 heterocycles. The first-order chi connectivity index (χ1) is 7.70. The highest BCUT2D eigenvalue weighted by molar-refractivity contribution is 5.97. The van der Waals surface area contributed by atoms with Gasteiger partial charge in [-0.3, -0.25) is 4.79 Å². The molecule has 0 bridgehead atoms. The van der Waals surface area contributed by atoms with E-state index in [9.17, 15) is 4.79 Å². The Morgan fingerprint density at radius 2 is 2.38 bits per heavy atom. The van der Waals surface area contributed by atoms with Gasteiger partial charge >= 0.3 is 0 Å². The lowest BCUT2D eigenvalue weighted by Gasteiger charge is -2.02. The van der Waals surface area contributed by atoms with Crippen molar-refractivity contribution in [2.45, 2.75) is 6.92 Å². The number of carbonyl (C=O) groups excluding carboxylic acids is 1. The van der Waals surface area contributed by atoms with Crippen LogP contribution in [0, 0.1) is 6.92 Å². The topological polar surface area (TPSA) is 75.4 Å². The van der Waals surface area contributed by atoms with E-state index in [4.69, 9.17) is 9.52 Å². The number of oxazole rings is 1. The number of hydrogen-bond acceptors (Lipinski definition) is 4. The molecule has 0 aliphatic carbocycles. The fourth-order valence-corrected chi connectivity index (χ4v) is 1.46. The summed E-state index contributed by atoms with van der Waals surface area (Å²) in [6.45, 7) is 1.93. The highest BCUT2D eigenvalue weighted by atomic mass is 16.3. The zero-order valence-corrected chi connectivity index (χ0v) is 8.86. The second-order valence-corrected chi connectivity index (χ2v) is 3.39. The van der Waals surface area contributed by atoms with E-state index in [1.165, 1.54) is 0 Å². The smallest absolute Gasteiger partial charge is 0.251 e. The molecule has 2 rings (SSSR count). The standard InChI is InChI=1S/C11H12N2O3/c1-7-13-9-6-8(2-3-10(9)16-7)11(15)12-4-5-14/h2-3,6,14H,4-5H2,1H3,(H,12,15). The Balaban J connectivity index is 2.28. The molecule has 0 radical (unpaired) electrons. The number of carbonyl (C=O) groups is 1. The molecule has 0 unspecified atom stereocenters. The first-order valence-electron chi connectivity index (χ1n) is 4.97. The van der Waals surface area contributed by atoms with Crippen LogP contribution in [0.15, 0.2) is 22.6 Å². The Hall–Kier alpha value is -1.88. The number of fused-ring (bicyclic) bond motifs is 1. The number of hydrogen-bond donors (Lipinski definition) is 2. The maximum atomic E-state index is 11.6. The van der Waals surface area contributed by atoms with Gasteiger partial charge in [-0.05, 0) is 18.2 Å². The number of aromatic nitrogens is 1. The van der Waals surface area contributed by atoms with Crippen LogP contribution >= 0.6 is 0 Å². The van der Waals surface area contributed by atoms with Crippen LogP contribution in [-0.4, -0.2) is 29.1 Å². The monoisotopic (exact) mass is 220 g/mol. The molecule has 0 saturated carbocycles. The Labute approximate surface area is 92.1 Å². The maximum Gasteiger partial charge on any atom is 0.251 e. The third-order valence-electron chi connectivity index (χ3n) is 2.15. The fraction of sp³-hybridized carbons (Fsp3) is 0.273. The van der Waals surface area contributed by atoms with Crippen molar-refractivity contribution >= 4 is 17.0 Å². The fourth-order valence-electron chi connectivity index (χ4n) is 1.46. The summed E-state index contributed by atoms with van der Waals surface area (Å²) in [5.74, 6) is 0.347. The molecule has 1 amide bonds. The van der Waals surface area contributed by atoms with Crippen molar-refractivity contribution in [2.75, 3.05) is 13.2 Å². The molecule has 2 N–H and O–H groups in total. The van der Waals surface area contributed by atoms with Gasteiger partial charge in [0, 0.05) is 19.0 Å². The highest BCUT2D eigenvalue weighted by Gasteiger charge is 2.08. The molecule has 84 valence electrons. The number of benzene rings is 1. The van der Waals surface area contributed by atoms with E-state index in [0.29, 0.717) is 22.6 Å². The summed E-state index contributed by atoms with van der Waals surface area (Å²) in [6.07, 6.45) is 0. The summed E-state index contributed by atoms with van der Waals surface area (Å²) in [4.78, 5) is 15.7. The third-order valence-corrected chi connectivity index (χ3v) is 2.15. The molecule has 0 spiro atoms. The van der Waals surface area contributed by atoms with Gasteiger partial charge in [-0.1, -0.05) is 0 Å². The number of rotatable bonds is 3. The largest absolute Gasteiger partial charge is 0.441 e. The molecule has 0 atom stereocenters. The van der Waals surface area contributed by atoms with Gasteiger partial charge in [-0.2, -0.15) is 0 Å². The minimum absolute atomic E-state index is 0.0724. The zero-order chi connectivity index (χ0) is 11.5. The number of nitrogens with zero attached hydrogens (tertiary/aromatic N) is 1. The first-order valence-corrected chi connectivity index (χ1v) is 4.97. The van der Waals surface area contributed by atoms with Gasteiger partial charge in [0.15, 0.2) is 11.5 Å². The van der Waals surface area contributed by atoms with Crippen LogP contribution in [-0.2, 0) is 0 Å². The van der Waals surface area contributed by atoms with Crippen molar-refractivity contribution in [3.8, 4) is 0 Å². The van der Waals surface area contributed by atoms with Gasteiger partial charge in [-0.25, -0.2) is 4.98 Å². The summed E-state index contributed by atoms with van der Waals surface area (Å²) in [5.41, 5.74) is 1.83. The highest BCUT2D eigenvalue weighted by Crippen LogP contribution is 2.16. The summed E-state index contributed by atoms with van der Waals surface area (Å²) < 4.78 is 5.30. The summed E-state index contributed by atoms with van der Waals surface area (Å²) >= 11 is 0. The predicted octanol–water partition coefficient (Wildman–Crippen LogP) is 0.858. The van der Waals surface area contributed by atoms with Crippen LogP contribution in [0.1, 0.15) is 16.2 Å². The number of aliphatic hydroxyl groups is 1. The van der Waals surface area contributed by atoms with Crippen LogP contribution in [0.2, 0.25) is 0 Å². The minimum Gasteiger partial charge on any atom is -0.441 e. The van der Waals surface area contributed by atoms with Gasteiger partial charge in [0.05, 0.1) is 6.61 Å². The Bertz CT molecular complexity index is 519. The Morgan fingerprint density at radius 3 is 3.12 bits per heavy atom. The molecule has 1 aromatic carbocycles. The second kappa shape index (κ2) is 4.32. The number of nitrogens with one attached hydrogen (secondary N) is 1. The SMILES string of the molecule is Cc1nc2cc(C(=O)NCCO)ccc2o1. The summed E-state index contributed by atoms with van der Waals surface area (Å²) in [7, 11) is 0. The molecule has 1 aromatic heterocycles. The van der Waals surface area contributed by atoms with Gasteiger partial charge in [0.1, 0.15) is 5.52 Å². The molecule has 0 aliphatic rings. The number of aliphatic hydroxyl groups excluding tert-OH is 1. The Kier molecular flexibility index (Phi) is 2.87. The molecular formula is C11H12N2O3. The van der Waals surface area contributed by atoms with Crippen LogP contribution in [0.4, 0.5) is 0 Å². The molecule has 0 fully saturated rings. The molecule has 5 heteroatoms. The summed E-state index contributed by atoms with van der Waals surface area (Å²) in [5, 5.41) is 11.2. The zero-order valence-electron chi connectivity index (χ0n) is 8.86. The van der Waals surface area contributed by atoms with Gasteiger partial charge < -0.3 is 14.8 Å². The van der Waals surface area contributed by atoms with Crippen molar-refractivity contribution in [1.82, 2.24) is 10.3 Å². The van der Waals surface area contributed by atoms with Crippen molar-refractivity contribution < 1.29 is 14.3 Å². The molecule has 16 heavy (non-hydrogen) atoms. The molecule has 5 nitrogen and oxygen atoms in total. The molecule has 0 saturated heterocycles. The molecule has 0 aliphatic heterocycles. The van der Waals surface area contributed by atoms with Crippen molar-refractivity contribution in [3.05, 3.63) is 29.7 Å². The minimum atomic E-state index is -0.225. The lowest BCUT2D eigenvalue weighted by Crippen LogP contribution is -2.26. The average Bonchev–Trinajstić information content (AvgIpc) is 2.64. The first kappa shape index (κ1) is 10.6. The van der Waals surface area contributed by atoms with E-state index in [2.05, 4.69) is 10.3 Å². The van der Waals surface area contributed by atoms with Crippen molar-refractivity contribution in [2.24, 2.45) is 0 Å². The Morgan fingerprint density at radius 1 is 1.56 bits per heavy atom. The normalized spacial score (nSPS) is 10.6. The third kappa shape index (κ3) is 2.04. The lowest BCUT2D eigenvalue weighted by atomic mass is 10.2.